The highest BCUT2D eigenvalue weighted by atomic mass is 16.2. The number of hydrogen-bond acceptors (Lipinski definition) is 5. The molecule has 2 N–H and O–H groups in total. The Balaban J connectivity index is 1.68. The van der Waals surface area contributed by atoms with Crippen molar-refractivity contribution in [3.05, 3.63) is 36.5 Å². The third-order valence-electron chi connectivity index (χ3n) is 5.01. The van der Waals surface area contributed by atoms with Crippen molar-refractivity contribution in [2.45, 2.75) is 31.8 Å². The summed E-state index contributed by atoms with van der Waals surface area (Å²) in [5.74, 6) is -1.61. The summed E-state index contributed by atoms with van der Waals surface area (Å²) in [6, 6.07) is 2.38. The van der Waals surface area contributed by atoms with Crippen LogP contribution in [0.3, 0.4) is 0 Å². The third kappa shape index (κ3) is 3.31. The Bertz CT molecular complexity index is 736. The van der Waals surface area contributed by atoms with E-state index in [1.54, 1.807) is 25.3 Å². The summed E-state index contributed by atoms with van der Waals surface area (Å²) in [5, 5.41) is 0. The molecule has 2 fully saturated rings. The Hall–Kier alpha value is -2.77. The molecular weight excluding hydrogens is 336 g/mol. The first-order valence-electron chi connectivity index (χ1n) is 8.57. The van der Waals surface area contributed by atoms with Gasteiger partial charge in [0.05, 0.1) is 24.6 Å². The van der Waals surface area contributed by atoms with E-state index in [-0.39, 0.29) is 36.6 Å². The number of pyridine rings is 1. The number of likely N-dealkylation sites (tertiary alicyclic amines) is 2. The van der Waals surface area contributed by atoms with Crippen molar-refractivity contribution in [3.63, 3.8) is 0 Å². The van der Waals surface area contributed by atoms with Crippen LogP contribution in [0.25, 0.3) is 0 Å². The summed E-state index contributed by atoms with van der Waals surface area (Å²) in [6.45, 7) is 2.04. The van der Waals surface area contributed by atoms with Crippen molar-refractivity contribution in [2.75, 3.05) is 13.1 Å². The van der Waals surface area contributed by atoms with Crippen LogP contribution >= 0.6 is 0 Å². The molecular formula is C18H21N4O4. The van der Waals surface area contributed by atoms with Gasteiger partial charge in [0.1, 0.15) is 6.04 Å². The van der Waals surface area contributed by atoms with Crippen LogP contribution in [0.1, 0.15) is 30.1 Å². The fourth-order valence-corrected chi connectivity index (χ4v) is 3.51. The van der Waals surface area contributed by atoms with Gasteiger partial charge in [-0.15, -0.1) is 0 Å². The number of ketones is 1. The summed E-state index contributed by atoms with van der Waals surface area (Å²) in [5.41, 5.74) is 5.63. The predicted octanol–water partition coefficient (Wildman–Crippen LogP) is -0.208. The zero-order chi connectivity index (χ0) is 18.8. The SMILES string of the molecule is CC(C[CH]C(=O)N1CCC2C1C(=O)CN2C(=O)c1cccnc1)C(N)=O. The van der Waals surface area contributed by atoms with Gasteiger partial charge < -0.3 is 15.5 Å². The van der Waals surface area contributed by atoms with Gasteiger partial charge >= 0.3 is 0 Å². The molecule has 1 aromatic heterocycles. The Morgan fingerprint density at radius 2 is 2.15 bits per heavy atom. The van der Waals surface area contributed by atoms with Crippen molar-refractivity contribution >= 4 is 23.5 Å². The number of Topliss-reactive ketones (excluding diaryl/α,β-unsaturated/α-hetero) is 1. The fourth-order valence-electron chi connectivity index (χ4n) is 3.51. The largest absolute Gasteiger partial charge is 0.369 e. The van der Waals surface area contributed by atoms with Gasteiger partial charge in [-0.1, -0.05) is 6.92 Å². The van der Waals surface area contributed by atoms with E-state index in [2.05, 4.69) is 4.98 Å². The molecule has 8 heteroatoms. The highest BCUT2D eigenvalue weighted by Gasteiger charge is 2.51. The standard InChI is InChI=1S/C18H21N4O4/c1-11(17(19)25)4-5-15(24)21-8-6-13-16(21)14(23)10-22(13)18(26)12-3-2-7-20-9-12/h2-3,5,7,9,11,13,16H,4,6,8,10H2,1H3,(H2,19,25). The third-order valence-corrected chi connectivity index (χ3v) is 5.01. The summed E-state index contributed by atoms with van der Waals surface area (Å²) >= 11 is 0. The van der Waals surface area contributed by atoms with Crippen molar-refractivity contribution in [1.82, 2.24) is 14.8 Å². The van der Waals surface area contributed by atoms with Gasteiger partial charge in [0.15, 0.2) is 5.78 Å². The second kappa shape index (κ2) is 7.23. The van der Waals surface area contributed by atoms with E-state index in [4.69, 9.17) is 5.73 Å². The van der Waals surface area contributed by atoms with Gasteiger partial charge in [-0.2, -0.15) is 0 Å². The molecule has 0 spiro atoms. The molecule has 3 heterocycles. The number of nitrogens with zero attached hydrogens (tertiary/aromatic N) is 3. The van der Waals surface area contributed by atoms with Crippen LogP contribution < -0.4 is 5.73 Å². The molecule has 137 valence electrons. The van der Waals surface area contributed by atoms with E-state index < -0.39 is 17.9 Å². The number of nitrogens with two attached hydrogens (primary N) is 1. The number of hydrogen-bond donors (Lipinski definition) is 1. The zero-order valence-corrected chi connectivity index (χ0v) is 14.5. The molecule has 26 heavy (non-hydrogen) atoms. The smallest absolute Gasteiger partial charge is 0.256 e. The number of fused-ring (bicyclic) bond motifs is 1. The molecule has 3 unspecified atom stereocenters. The monoisotopic (exact) mass is 357 g/mol. The van der Waals surface area contributed by atoms with Crippen LogP contribution in [0.4, 0.5) is 0 Å². The van der Waals surface area contributed by atoms with E-state index in [1.807, 2.05) is 0 Å². The van der Waals surface area contributed by atoms with Crippen LogP contribution in [0, 0.1) is 12.3 Å². The molecule has 3 rings (SSSR count). The van der Waals surface area contributed by atoms with Gasteiger partial charge in [-0.3, -0.25) is 24.2 Å². The first-order chi connectivity index (χ1) is 12.4. The molecule has 8 nitrogen and oxygen atoms in total. The summed E-state index contributed by atoms with van der Waals surface area (Å²) in [6.07, 6.45) is 5.23. The zero-order valence-electron chi connectivity index (χ0n) is 14.5. The molecule has 0 aliphatic carbocycles. The molecule has 0 bridgehead atoms. The Morgan fingerprint density at radius 3 is 2.81 bits per heavy atom. The highest BCUT2D eigenvalue weighted by molar-refractivity contribution is 6.02. The topological polar surface area (TPSA) is 114 Å². The van der Waals surface area contributed by atoms with Gasteiger partial charge in [0, 0.05) is 24.9 Å². The van der Waals surface area contributed by atoms with Crippen molar-refractivity contribution in [1.29, 1.82) is 0 Å². The van der Waals surface area contributed by atoms with Crippen LogP contribution in [-0.2, 0) is 14.4 Å². The molecule has 2 aliphatic rings. The van der Waals surface area contributed by atoms with Crippen LogP contribution in [0.5, 0.6) is 0 Å². The van der Waals surface area contributed by atoms with Crippen molar-refractivity contribution in [2.24, 2.45) is 11.7 Å². The van der Waals surface area contributed by atoms with E-state index in [9.17, 15) is 19.2 Å². The first kappa shape index (κ1) is 18.0. The lowest BCUT2D eigenvalue weighted by Gasteiger charge is -2.24. The Kier molecular flexibility index (Phi) is 5.01. The van der Waals surface area contributed by atoms with Crippen LogP contribution in [0.2, 0.25) is 0 Å². The minimum Gasteiger partial charge on any atom is -0.369 e. The number of primary amides is 1. The molecule has 1 aromatic rings. The first-order valence-corrected chi connectivity index (χ1v) is 8.57. The number of carbonyl (C=O) groups excluding carboxylic acids is 4. The second-order valence-electron chi connectivity index (χ2n) is 6.72. The van der Waals surface area contributed by atoms with E-state index in [0.717, 1.165) is 0 Å². The number of carbonyl (C=O) groups is 4. The Morgan fingerprint density at radius 1 is 1.38 bits per heavy atom. The van der Waals surface area contributed by atoms with Crippen molar-refractivity contribution in [3.8, 4) is 0 Å². The summed E-state index contributed by atoms with van der Waals surface area (Å²) < 4.78 is 0. The number of amides is 3. The van der Waals surface area contributed by atoms with Gasteiger partial charge in [-0.05, 0) is 25.0 Å². The Labute approximate surface area is 151 Å². The average molecular weight is 357 g/mol. The maximum Gasteiger partial charge on any atom is 0.256 e. The van der Waals surface area contributed by atoms with Gasteiger partial charge in [0.25, 0.3) is 5.91 Å². The molecule has 2 saturated heterocycles. The van der Waals surface area contributed by atoms with Crippen LogP contribution in [0.15, 0.2) is 24.5 Å². The van der Waals surface area contributed by atoms with Gasteiger partial charge in [-0.25, -0.2) is 0 Å². The highest BCUT2D eigenvalue weighted by Crippen LogP contribution is 2.31. The summed E-state index contributed by atoms with van der Waals surface area (Å²) in [7, 11) is 0. The minimum absolute atomic E-state index is 0.00940. The summed E-state index contributed by atoms with van der Waals surface area (Å²) in [4.78, 5) is 55.7. The normalized spacial score (nSPS) is 23.0. The molecule has 1 radical (unpaired) electrons. The van der Waals surface area contributed by atoms with E-state index >= 15 is 0 Å². The maximum atomic E-state index is 12.7. The predicted molar refractivity (Wildman–Crippen MR) is 91.5 cm³/mol. The molecule has 0 saturated carbocycles. The van der Waals surface area contributed by atoms with E-state index in [0.29, 0.717) is 18.5 Å². The lowest BCUT2D eigenvalue weighted by molar-refractivity contribution is -0.133. The molecule has 2 aliphatic heterocycles. The minimum atomic E-state index is -0.622. The maximum absolute atomic E-state index is 12.7. The lowest BCUT2D eigenvalue weighted by atomic mass is 10.0. The van der Waals surface area contributed by atoms with Gasteiger partial charge in [0.2, 0.25) is 11.8 Å². The second-order valence-corrected chi connectivity index (χ2v) is 6.72. The number of aromatic nitrogens is 1. The molecule has 3 amide bonds. The lowest BCUT2D eigenvalue weighted by Crippen LogP contribution is -2.43. The number of rotatable bonds is 5. The molecule has 0 aromatic carbocycles. The average Bonchev–Trinajstić information content (AvgIpc) is 3.21. The quantitative estimate of drug-likeness (QED) is 0.783. The van der Waals surface area contributed by atoms with E-state index in [1.165, 1.54) is 22.4 Å². The van der Waals surface area contributed by atoms with Crippen molar-refractivity contribution < 1.29 is 19.2 Å². The van der Waals surface area contributed by atoms with Crippen LogP contribution in [-0.4, -0.2) is 63.5 Å². The molecule has 3 atom stereocenters. The fraction of sp³-hybridized carbons (Fsp3) is 0.444.